The van der Waals surface area contributed by atoms with E-state index in [0.717, 1.165) is 27.1 Å². The van der Waals surface area contributed by atoms with Crippen molar-refractivity contribution < 1.29 is 23.9 Å². The van der Waals surface area contributed by atoms with E-state index in [2.05, 4.69) is 4.98 Å². The van der Waals surface area contributed by atoms with Crippen molar-refractivity contribution in [1.82, 2.24) is 14.8 Å². The van der Waals surface area contributed by atoms with E-state index in [1.54, 1.807) is 14.0 Å². The number of rotatable bonds is 3. The van der Waals surface area contributed by atoms with Crippen molar-refractivity contribution in [1.29, 1.82) is 0 Å². The summed E-state index contributed by atoms with van der Waals surface area (Å²) in [5.41, 5.74) is 1.38. The Labute approximate surface area is 156 Å². The van der Waals surface area contributed by atoms with Crippen LogP contribution in [0.3, 0.4) is 0 Å². The molecule has 0 aliphatic carbocycles. The van der Waals surface area contributed by atoms with Crippen LogP contribution in [0.5, 0.6) is 5.75 Å². The largest absolute Gasteiger partial charge is 0.497 e. The Morgan fingerprint density at radius 3 is 2.70 bits per heavy atom. The number of aromatic nitrogens is 1. The Morgan fingerprint density at radius 1 is 1.30 bits per heavy atom. The van der Waals surface area contributed by atoms with Gasteiger partial charge in [-0.15, -0.1) is 0 Å². The molecule has 3 heterocycles. The number of imide groups is 1. The van der Waals surface area contributed by atoms with Gasteiger partial charge in [0.2, 0.25) is 0 Å². The summed E-state index contributed by atoms with van der Waals surface area (Å²) in [6.07, 6.45) is 0.609. The van der Waals surface area contributed by atoms with E-state index in [1.165, 1.54) is 18.9 Å². The summed E-state index contributed by atoms with van der Waals surface area (Å²) in [6, 6.07) is 4.22. The first-order valence-electron chi connectivity index (χ1n) is 8.76. The number of aromatic amines is 1. The molecule has 8 heteroatoms. The molecule has 2 aliphatic rings. The zero-order valence-electron chi connectivity index (χ0n) is 15.7. The lowest BCUT2D eigenvalue weighted by Crippen LogP contribution is -2.49. The minimum atomic E-state index is -1.18. The number of fused-ring (bicyclic) bond motifs is 5. The number of hydrogen-bond donors (Lipinski definition) is 1. The maximum absolute atomic E-state index is 13.3. The van der Waals surface area contributed by atoms with Gasteiger partial charge in [0, 0.05) is 17.4 Å². The van der Waals surface area contributed by atoms with Crippen molar-refractivity contribution in [2.24, 2.45) is 0 Å². The van der Waals surface area contributed by atoms with Crippen LogP contribution in [-0.2, 0) is 26.3 Å². The summed E-state index contributed by atoms with van der Waals surface area (Å²) in [5, 5.41) is 0.977. The van der Waals surface area contributed by atoms with Crippen LogP contribution in [0.4, 0.5) is 4.79 Å². The van der Waals surface area contributed by atoms with E-state index in [9.17, 15) is 14.4 Å². The van der Waals surface area contributed by atoms with Crippen LogP contribution in [0.15, 0.2) is 18.2 Å². The molecule has 27 heavy (non-hydrogen) atoms. The van der Waals surface area contributed by atoms with Crippen molar-refractivity contribution in [3.05, 3.63) is 29.5 Å². The fraction of sp³-hybridized carbons (Fsp3) is 0.421. The van der Waals surface area contributed by atoms with Gasteiger partial charge in [0.1, 0.15) is 11.8 Å². The third-order valence-corrected chi connectivity index (χ3v) is 5.73. The predicted octanol–water partition coefficient (Wildman–Crippen LogP) is 1.77. The Morgan fingerprint density at radius 2 is 2.04 bits per heavy atom. The number of carbonyl (C=O) groups excluding carboxylic acids is 3. The van der Waals surface area contributed by atoms with E-state index >= 15 is 0 Å². The highest BCUT2D eigenvalue weighted by molar-refractivity contribution is 6.10. The number of H-pyrrole nitrogens is 1. The first kappa shape index (κ1) is 17.4. The molecule has 8 nitrogen and oxygen atoms in total. The number of urea groups is 1. The summed E-state index contributed by atoms with van der Waals surface area (Å²) in [4.78, 5) is 44.0. The molecule has 0 unspecified atom stereocenters. The second-order valence-corrected chi connectivity index (χ2v) is 7.02. The lowest BCUT2D eigenvalue weighted by Gasteiger charge is -2.36. The van der Waals surface area contributed by atoms with Crippen LogP contribution in [0.1, 0.15) is 25.1 Å². The maximum Gasteiger partial charge on any atom is 0.328 e. The molecule has 1 fully saturated rings. The number of benzene rings is 1. The van der Waals surface area contributed by atoms with Crippen molar-refractivity contribution in [2.75, 3.05) is 20.8 Å². The monoisotopic (exact) mass is 371 g/mol. The summed E-state index contributed by atoms with van der Waals surface area (Å²) in [7, 11) is 2.84. The number of carbonyl (C=O) groups is 3. The quantitative estimate of drug-likeness (QED) is 0.656. The topological polar surface area (TPSA) is 91.9 Å². The Kier molecular flexibility index (Phi) is 3.69. The Hall–Kier alpha value is -3.03. The Balaban J connectivity index is 1.86. The van der Waals surface area contributed by atoms with E-state index in [1.807, 2.05) is 18.2 Å². The smallest absolute Gasteiger partial charge is 0.328 e. The molecule has 142 valence electrons. The molecule has 0 saturated carbocycles. The lowest BCUT2D eigenvalue weighted by molar-refractivity contribution is -0.150. The highest BCUT2D eigenvalue weighted by Gasteiger charge is 2.60. The predicted molar refractivity (Wildman–Crippen MR) is 96.3 cm³/mol. The molecule has 2 atom stereocenters. The molecule has 1 aromatic heterocycles. The zero-order chi connectivity index (χ0) is 19.5. The molecule has 2 aliphatic heterocycles. The van der Waals surface area contributed by atoms with Crippen LogP contribution < -0.4 is 4.74 Å². The highest BCUT2D eigenvalue weighted by atomic mass is 16.5. The molecule has 1 aromatic carbocycles. The van der Waals surface area contributed by atoms with E-state index in [0.29, 0.717) is 18.7 Å². The van der Waals surface area contributed by atoms with E-state index in [4.69, 9.17) is 9.47 Å². The van der Waals surface area contributed by atoms with Gasteiger partial charge in [-0.05, 0) is 44.0 Å². The van der Waals surface area contributed by atoms with Gasteiger partial charge in [0.15, 0.2) is 5.54 Å². The maximum atomic E-state index is 13.3. The number of nitrogens with zero attached hydrogens (tertiary/aromatic N) is 2. The van der Waals surface area contributed by atoms with Crippen molar-refractivity contribution >= 4 is 28.8 Å². The number of amides is 3. The van der Waals surface area contributed by atoms with Gasteiger partial charge in [-0.25, -0.2) is 14.5 Å². The number of hydrogen-bond acceptors (Lipinski definition) is 5. The Bertz CT molecular complexity index is 981. The second kappa shape index (κ2) is 5.73. The molecule has 2 aromatic rings. The fourth-order valence-electron chi connectivity index (χ4n) is 4.19. The SMILES string of the molecule is COC(=O)[C@H](C)N1C(=O)N2CCc3c([nH]c4ccc(OC)cc34)[C@@]2(C)C1=O. The van der Waals surface area contributed by atoms with Crippen LogP contribution >= 0.6 is 0 Å². The summed E-state index contributed by atoms with van der Waals surface area (Å²) in [5.74, 6) is -0.321. The van der Waals surface area contributed by atoms with Gasteiger partial charge in [-0.1, -0.05) is 0 Å². The molecule has 0 bridgehead atoms. The summed E-state index contributed by atoms with van der Waals surface area (Å²) < 4.78 is 10.0. The van der Waals surface area contributed by atoms with Crippen molar-refractivity contribution in [2.45, 2.75) is 31.8 Å². The minimum absolute atomic E-state index is 0.391. The number of esters is 1. The molecule has 0 spiro atoms. The van der Waals surface area contributed by atoms with Gasteiger partial charge in [-0.2, -0.15) is 0 Å². The average molecular weight is 371 g/mol. The third kappa shape index (κ3) is 2.12. The molecular weight excluding hydrogens is 350 g/mol. The number of ether oxygens (including phenoxy) is 2. The molecule has 1 N–H and O–H groups in total. The fourth-order valence-corrected chi connectivity index (χ4v) is 4.19. The molecule has 4 rings (SSSR count). The average Bonchev–Trinajstić information content (AvgIpc) is 3.14. The van der Waals surface area contributed by atoms with E-state index in [-0.39, 0.29) is 0 Å². The normalized spacial score (nSPS) is 22.7. The van der Waals surface area contributed by atoms with E-state index < -0.39 is 29.5 Å². The van der Waals surface area contributed by atoms with Gasteiger partial charge < -0.3 is 19.4 Å². The van der Waals surface area contributed by atoms with Gasteiger partial charge in [-0.3, -0.25) is 4.79 Å². The van der Waals surface area contributed by atoms with Crippen LogP contribution in [0, 0.1) is 0 Å². The molecule has 0 radical (unpaired) electrons. The first-order chi connectivity index (χ1) is 12.8. The third-order valence-electron chi connectivity index (χ3n) is 5.73. The van der Waals surface area contributed by atoms with Crippen LogP contribution in [0.25, 0.3) is 10.9 Å². The highest BCUT2D eigenvalue weighted by Crippen LogP contribution is 2.45. The van der Waals surface area contributed by atoms with Gasteiger partial charge in [0.05, 0.1) is 19.9 Å². The van der Waals surface area contributed by atoms with Crippen molar-refractivity contribution in [3.8, 4) is 5.75 Å². The summed E-state index contributed by atoms with van der Waals surface area (Å²) >= 11 is 0. The second-order valence-electron chi connectivity index (χ2n) is 7.02. The molecule has 3 amide bonds. The zero-order valence-corrected chi connectivity index (χ0v) is 15.7. The van der Waals surface area contributed by atoms with Crippen molar-refractivity contribution in [3.63, 3.8) is 0 Å². The number of methoxy groups -OCH3 is 2. The van der Waals surface area contributed by atoms with Crippen LogP contribution in [0.2, 0.25) is 0 Å². The molecule has 1 saturated heterocycles. The van der Waals surface area contributed by atoms with Gasteiger partial charge >= 0.3 is 12.0 Å². The molecular formula is C19H21N3O5. The van der Waals surface area contributed by atoms with Gasteiger partial charge in [0.25, 0.3) is 5.91 Å². The summed E-state index contributed by atoms with van der Waals surface area (Å²) in [6.45, 7) is 3.62. The first-order valence-corrected chi connectivity index (χ1v) is 8.76. The van der Waals surface area contributed by atoms with Crippen LogP contribution in [-0.4, -0.2) is 59.5 Å². The lowest BCUT2D eigenvalue weighted by atomic mass is 9.87. The minimum Gasteiger partial charge on any atom is -0.497 e. The standard InChI is InChI=1S/C19H21N3O5/c1-10(16(23)27-4)22-17(24)19(2)15-12(7-8-21(19)18(22)25)13-9-11(26-3)5-6-14(13)20-15/h5-6,9-10,20H,7-8H2,1-4H3/t10-,19-/m0/s1. The number of nitrogens with one attached hydrogen (secondary N) is 1.